The first-order valence-electron chi connectivity index (χ1n) is 7.09. The Bertz CT molecular complexity index is 652. The molecule has 0 radical (unpaired) electrons. The lowest BCUT2D eigenvalue weighted by Gasteiger charge is -2.08. The molecule has 2 nitrogen and oxygen atoms in total. The van der Waals surface area contributed by atoms with Crippen molar-refractivity contribution in [3.8, 4) is 5.75 Å². The van der Waals surface area contributed by atoms with Crippen LogP contribution in [0.2, 0.25) is 5.02 Å². The van der Waals surface area contributed by atoms with E-state index < -0.39 is 0 Å². The van der Waals surface area contributed by atoms with Gasteiger partial charge in [-0.05, 0) is 36.1 Å². The first-order valence-corrected chi connectivity index (χ1v) is 7.47. The van der Waals surface area contributed by atoms with E-state index in [0.717, 1.165) is 17.7 Å². The number of methoxy groups -OCH3 is 1. The van der Waals surface area contributed by atoms with Crippen molar-refractivity contribution in [1.29, 1.82) is 0 Å². The molecular weight excluding hydrogens is 284 g/mol. The first-order chi connectivity index (χ1) is 10.2. The number of hydrogen-bond donors (Lipinski definition) is 0. The molecule has 1 aliphatic carbocycles. The van der Waals surface area contributed by atoms with Crippen LogP contribution in [0.25, 0.3) is 0 Å². The number of rotatable bonds is 5. The summed E-state index contributed by atoms with van der Waals surface area (Å²) in [5, 5.41) is 0.633. The molecule has 0 aromatic heterocycles. The molecule has 2 atom stereocenters. The summed E-state index contributed by atoms with van der Waals surface area (Å²) in [6, 6.07) is 15.6. The van der Waals surface area contributed by atoms with Crippen LogP contribution < -0.4 is 4.74 Å². The standard InChI is InChI=1S/C18H17ClO2/c1-21-18-8-7-14(19)9-13(18)10-17(20)16-11-15(16)12-5-3-2-4-6-12/h2-9,15-16H,10-11H2,1H3/t15-,16+/m1/s1. The number of benzene rings is 2. The Balaban J connectivity index is 1.70. The molecule has 21 heavy (non-hydrogen) atoms. The molecule has 0 spiro atoms. The van der Waals surface area contributed by atoms with Gasteiger partial charge in [-0.25, -0.2) is 0 Å². The fraction of sp³-hybridized carbons (Fsp3) is 0.278. The van der Waals surface area contributed by atoms with E-state index in [4.69, 9.17) is 16.3 Å². The van der Waals surface area contributed by atoms with E-state index in [9.17, 15) is 4.79 Å². The van der Waals surface area contributed by atoms with Gasteiger partial charge in [0.05, 0.1) is 7.11 Å². The second-order valence-corrected chi connectivity index (χ2v) is 5.90. The average Bonchev–Trinajstić information content (AvgIpc) is 3.29. The van der Waals surface area contributed by atoms with Crippen molar-refractivity contribution in [3.05, 3.63) is 64.7 Å². The fourth-order valence-electron chi connectivity index (χ4n) is 2.82. The summed E-state index contributed by atoms with van der Waals surface area (Å²) in [4.78, 5) is 12.4. The molecule has 3 rings (SSSR count). The van der Waals surface area contributed by atoms with E-state index in [2.05, 4.69) is 12.1 Å². The second-order valence-electron chi connectivity index (χ2n) is 5.46. The summed E-state index contributed by atoms with van der Waals surface area (Å²) in [6.07, 6.45) is 1.34. The Morgan fingerprint density at radius 3 is 2.71 bits per heavy atom. The van der Waals surface area contributed by atoms with Crippen LogP contribution in [0.5, 0.6) is 5.75 Å². The lowest BCUT2D eigenvalue weighted by molar-refractivity contribution is -0.119. The Kier molecular flexibility index (Phi) is 3.98. The van der Waals surface area contributed by atoms with Crippen LogP contribution in [0.4, 0.5) is 0 Å². The quantitative estimate of drug-likeness (QED) is 0.824. The van der Waals surface area contributed by atoms with Crippen LogP contribution in [-0.4, -0.2) is 12.9 Å². The molecule has 1 saturated carbocycles. The van der Waals surface area contributed by atoms with Crippen molar-refractivity contribution < 1.29 is 9.53 Å². The number of Topliss-reactive ketones (excluding diaryl/α,β-unsaturated/α-hetero) is 1. The molecule has 2 aromatic rings. The molecule has 0 saturated heterocycles. The number of ether oxygens (including phenoxy) is 1. The molecule has 0 heterocycles. The van der Waals surface area contributed by atoms with E-state index in [1.54, 1.807) is 13.2 Å². The summed E-state index contributed by atoms with van der Waals surface area (Å²) in [5.41, 5.74) is 2.13. The summed E-state index contributed by atoms with van der Waals surface area (Å²) in [6.45, 7) is 0. The summed E-state index contributed by atoms with van der Waals surface area (Å²) in [7, 11) is 1.61. The number of carbonyl (C=O) groups excluding carboxylic acids is 1. The molecule has 0 aliphatic heterocycles. The molecule has 1 fully saturated rings. The molecule has 2 aromatic carbocycles. The Morgan fingerprint density at radius 1 is 1.24 bits per heavy atom. The Morgan fingerprint density at radius 2 is 2.00 bits per heavy atom. The van der Waals surface area contributed by atoms with Crippen LogP contribution in [0.15, 0.2) is 48.5 Å². The molecule has 0 unspecified atom stereocenters. The monoisotopic (exact) mass is 300 g/mol. The predicted octanol–water partition coefficient (Wildman–Crippen LogP) is 4.26. The molecule has 108 valence electrons. The van der Waals surface area contributed by atoms with Crippen LogP contribution in [0.1, 0.15) is 23.5 Å². The molecule has 1 aliphatic rings. The van der Waals surface area contributed by atoms with Gasteiger partial charge in [0.15, 0.2) is 0 Å². The first kappa shape index (κ1) is 14.2. The van der Waals surface area contributed by atoms with E-state index in [-0.39, 0.29) is 11.7 Å². The van der Waals surface area contributed by atoms with Gasteiger partial charge in [-0.15, -0.1) is 0 Å². The van der Waals surface area contributed by atoms with Gasteiger partial charge in [-0.1, -0.05) is 41.9 Å². The number of ketones is 1. The van der Waals surface area contributed by atoms with Crippen LogP contribution in [0.3, 0.4) is 0 Å². The van der Waals surface area contributed by atoms with Gasteiger partial charge < -0.3 is 4.74 Å². The van der Waals surface area contributed by atoms with Crippen molar-refractivity contribution in [3.63, 3.8) is 0 Å². The SMILES string of the molecule is COc1ccc(Cl)cc1CC(=O)[C@H]1C[C@@H]1c1ccccc1. The normalized spacial score (nSPS) is 20.1. The van der Waals surface area contributed by atoms with Crippen molar-refractivity contribution in [2.24, 2.45) is 5.92 Å². The van der Waals surface area contributed by atoms with Gasteiger partial charge in [0.1, 0.15) is 11.5 Å². The van der Waals surface area contributed by atoms with Gasteiger partial charge >= 0.3 is 0 Å². The molecule has 3 heteroatoms. The minimum atomic E-state index is 0.135. The third kappa shape index (κ3) is 3.11. The average molecular weight is 301 g/mol. The van der Waals surface area contributed by atoms with Crippen LogP contribution in [0, 0.1) is 5.92 Å². The number of halogens is 1. The van der Waals surface area contributed by atoms with Crippen molar-refractivity contribution in [1.82, 2.24) is 0 Å². The minimum Gasteiger partial charge on any atom is -0.496 e. The highest BCUT2D eigenvalue weighted by atomic mass is 35.5. The predicted molar refractivity (Wildman–Crippen MR) is 84.0 cm³/mol. The second kappa shape index (κ2) is 5.90. The van der Waals surface area contributed by atoms with Gasteiger partial charge in [-0.2, -0.15) is 0 Å². The topological polar surface area (TPSA) is 26.3 Å². The largest absolute Gasteiger partial charge is 0.496 e. The summed E-state index contributed by atoms with van der Waals surface area (Å²) >= 11 is 6.01. The highest BCUT2D eigenvalue weighted by Gasteiger charge is 2.43. The fourth-order valence-corrected chi connectivity index (χ4v) is 3.02. The highest BCUT2D eigenvalue weighted by molar-refractivity contribution is 6.30. The summed E-state index contributed by atoms with van der Waals surface area (Å²) < 4.78 is 5.30. The Hall–Kier alpha value is -1.80. The van der Waals surface area contributed by atoms with Gasteiger partial charge in [0, 0.05) is 22.9 Å². The number of hydrogen-bond acceptors (Lipinski definition) is 2. The van der Waals surface area contributed by atoms with E-state index >= 15 is 0 Å². The smallest absolute Gasteiger partial charge is 0.141 e. The van der Waals surface area contributed by atoms with E-state index in [0.29, 0.717) is 17.4 Å². The maximum Gasteiger partial charge on any atom is 0.141 e. The van der Waals surface area contributed by atoms with Crippen molar-refractivity contribution in [2.75, 3.05) is 7.11 Å². The molecule has 0 amide bonds. The van der Waals surface area contributed by atoms with Gasteiger partial charge in [0.2, 0.25) is 0 Å². The minimum absolute atomic E-state index is 0.135. The molecule has 0 N–H and O–H groups in total. The highest BCUT2D eigenvalue weighted by Crippen LogP contribution is 2.48. The Labute approximate surface area is 129 Å². The zero-order valence-electron chi connectivity index (χ0n) is 11.9. The lowest BCUT2D eigenvalue weighted by atomic mass is 10.0. The van der Waals surface area contributed by atoms with Crippen LogP contribution >= 0.6 is 11.6 Å². The zero-order chi connectivity index (χ0) is 14.8. The third-order valence-corrected chi connectivity index (χ3v) is 4.27. The van der Waals surface area contributed by atoms with Crippen molar-refractivity contribution >= 4 is 17.4 Å². The van der Waals surface area contributed by atoms with Crippen molar-refractivity contribution in [2.45, 2.75) is 18.8 Å². The van der Waals surface area contributed by atoms with Crippen LogP contribution in [-0.2, 0) is 11.2 Å². The van der Waals surface area contributed by atoms with E-state index in [1.807, 2.05) is 30.3 Å². The lowest BCUT2D eigenvalue weighted by Crippen LogP contribution is -2.07. The van der Waals surface area contributed by atoms with E-state index in [1.165, 1.54) is 5.56 Å². The van der Waals surface area contributed by atoms with Gasteiger partial charge in [-0.3, -0.25) is 4.79 Å². The summed E-state index contributed by atoms with van der Waals surface area (Å²) in [5.74, 6) is 1.51. The molecule has 0 bridgehead atoms. The van der Waals surface area contributed by atoms with Gasteiger partial charge in [0.25, 0.3) is 0 Å². The maximum absolute atomic E-state index is 12.4. The maximum atomic E-state index is 12.4. The molecular formula is C18H17ClO2. The third-order valence-electron chi connectivity index (χ3n) is 4.04. The zero-order valence-corrected chi connectivity index (χ0v) is 12.6. The number of carbonyl (C=O) groups is 1.